The predicted octanol–water partition coefficient (Wildman–Crippen LogP) is 2.37. The number of rotatable bonds is 5. The van der Waals surface area contributed by atoms with E-state index in [1.165, 1.54) is 0 Å². The lowest BCUT2D eigenvalue weighted by atomic mass is 10.2. The average molecular weight is 266 g/mol. The molecule has 0 amide bonds. The topological polar surface area (TPSA) is 39.1 Å². The monoisotopic (exact) mass is 265 g/mol. The van der Waals surface area contributed by atoms with Gasteiger partial charge in [0.15, 0.2) is 0 Å². The molecule has 0 atom stereocenters. The van der Waals surface area contributed by atoms with Crippen molar-refractivity contribution >= 4 is 11.6 Å². The highest BCUT2D eigenvalue weighted by Gasteiger charge is 2.02. The van der Waals surface area contributed by atoms with Gasteiger partial charge in [-0.1, -0.05) is 17.7 Å². The average Bonchev–Trinajstić information content (AvgIpc) is 2.75. The summed E-state index contributed by atoms with van der Waals surface area (Å²) in [5.41, 5.74) is 2.15. The molecule has 0 spiro atoms. The first-order valence-electron chi connectivity index (χ1n) is 5.70. The van der Waals surface area contributed by atoms with Gasteiger partial charge in [0, 0.05) is 26.3 Å². The first-order chi connectivity index (χ1) is 8.69. The van der Waals surface area contributed by atoms with Crippen LogP contribution in [0.3, 0.4) is 0 Å². The van der Waals surface area contributed by atoms with E-state index >= 15 is 0 Å². The third kappa shape index (κ3) is 3.24. The van der Waals surface area contributed by atoms with Crippen LogP contribution in [0.5, 0.6) is 5.75 Å². The molecule has 0 fully saturated rings. The van der Waals surface area contributed by atoms with Crippen LogP contribution < -0.4 is 10.1 Å². The van der Waals surface area contributed by atoms with Gasteiger partial charge in [0.05, 0.1) is 17.8 Å². The Labute approximate surface area is 112 Å². The van der Waals surface area contributed by atoms with Crippen LogP contribution in [-0.4, -0.2) is 16.9 Å². The lowest BCUT2D eigenvalue weighted by Crippen LogP contribution is -2.13. The SMILES string of the molecule is COc1ccc(CNCc2ccn(C)n2)cc1Cl. The lowest BCUT2D eigenvalue weighted by molar-refractivity contribution is 0.415. The van der Waals surface area contributed by atoms with Crippen LogP contribution >= 0.6 is 11.6 Å². The molecular weight excluding hydrogens is 250 g/mol. The zero-order chi connectivity index (χ0) is 13.0. The minimum atomic E-state index is 0.634. The third-order valence-electron chi connectivity index (χ3n) is 2.62. The second-order valence-electron chi connectivity index (χ2n) is 4.05. The number of hydrogen-bond acceptors (Lipinski definition) is 3. The molecule has 18 heavy (non-hydrogen) atoms. The van der Waals surface area contributed by atoms with Crippen LogP contribution in [0.15, 0.2) is 30.5 Å². The lowest BCUT2D eigenvalue weighted by Gasteiger charge is -2.06. The number of halogens is 1. The third-order valence-corrected chi connectivity index (χ3v) is 2.92. The maximum Gasteiger partial charge on any atom is 0.137 e. The van der Waals surface area contributed by atoms with E-state index in [1.807, 2.05) is 37.5 Å². The van der Waals surface area contributed by atoms with Crippen molar-refractivity contribution in [2.45, 2.75) is 13.1 Å². The number of hydrogen-bond donors (Lipinski definition) is 1. The summed E-state index contributed by atoms with van der Waals surface area (Å²) in [6, 6.07) is 7.77. The molecule has 0 saturated carbocycles. The standard InChI is InChI=1S/C13H16ClN3O/c1-17-6-5-11(16-17)9-15-8-10-3-4-13(18-2)12(14)7-10/h3-7,15H,8-9H2,1-2H3. The first-order valence-corrected chi connectivity index (χ1v) is 6.08. The van der Waals surface area contributed by atoms with Crippen LogP contribution in [0.2, 0.25) is 5.02 Å². The predicted molar refractivity (Wildman–Crippen MR) is 71.8 cm³/mol. The van der Waals surface area contributed by atoms with E-state index in [0.717, 1.165) is 24.3 Å². The number of nitrogens with one attached hydrogen (secondary N) is 1. The van der Waals surface area contributed by atoms with E-state index in [0.29, 0.717) is 10.8 Å². The van der Waals surface area contributed by atoms with Crippen LogP contribution in [0.4, 0.5) is 0 Å². The first kappa shape index (κ1) is 12.9. The van der Waals surface area contributed by atoms with Crippen molar-refractivity contribution in [1.29, 1.82) is 0 Å². The fourth-order valence-electron chi connectivity index (χ4n) is 1.71. The normalized spacial score (nSPS) is 10.6. The Balaban J connectivity index is 1.88. The molecule has 0 aliphatic rings. The Morgan fingerprint density at radius 1 is 1.33 bits per heavy atom. The number of methoxy groups -OCH3 is 1. The Morgan fingerprint density at radius 2 is 2.17 bits per heavy atom. The fourth-order valence-corrected chi connectivity index (χ4v) is 1.99. The summed E-state index contributed by atoms with van der Waals surface area (Å²) in [7, 11) is 3.52. The second kappa shape index (κ2) is 5.89. The zero-order valence-electron chi connectivity index (χ0n) is 10.5. The molecule has 0 saturated heterocycles. The van der Waals surface area contributed by atoms with Gasteiger partial charge in [-0.15, -0.1) is 0 Å². The summed E-state index contributed by atoms with van der Waals surface area (Å²) < 4.78 is 6.90. The van der Waals surface area contributed by atoms with Gasteiger partial charge in [0.2, 0.25) is 0 Å². The number of aromatic nitrogens is 2. The summed E-state index contributed by atoms with van der Waals surface area (Å²) in [5, 5.41) is 8.25. The molecule has 0 aliphatic carbocycles. The Hall–Kier alpha value is -1.52. The smallest absolute Gasteiger partial charge is 0.137 e. The van der Waals surface area contributed by atoms with E-state index in [4.69, 9.17) is 16.3 Å². The molecule has 0 aliphatic heterocycles. The molecule has 1 aromatic carbocycles. The maximum absolute atomic E-state index is 6.06. The van der Waals surface area contributed by atoms with Gasteiger partial charge in [-0.3, -0.25) is 4.68 Å². The molecular formula is C13H16ClN3O. The van der Waals surface area contributed by atoms with Crippen LogP contribution in [0.25, 0.3) is 0 Å². The largest absolute Gasteiger partial charge is 0.495 e. The molecule has 5 heteroatoms. The minimum Gasteiger partial charge on any atom is -0.495 e. The summed E-state index contributed by atoms with van der Waals surface area (Å²) in [4.78, 5) is 0. The maximum atomic E-state index is 6.06. The van der Waals surface area contributed by atoms with E-state index in [1.54, 1.807) is 11.8 Å². The molecule has 1 heterocycles. The summed E-state index contributed by atoms with van der Waals surface area (Å²) in [5.74, 6) is 0.699. The quantitative estimate of drug-likeness (QED) is 0.902. The number of aryl methyl sites for hydroxylation is 1. The molecule has 0 bridgehead atoms. The highest BCUT2D eigenvalue weighted by atomic mass is 35.5. The fraction of sp³-hybridized carbons (Fsp3) is 0.308. The summed E-state index contributed by atoms with van der Waals surface area (Å²) in [6.07, 6.45) is 1.93. The van der Waals surface area contributed by atoms with E-state index in [-0.39, 0.29) is 0 Å². The van der Waals surface area contributed by atoms with Gasteiger partial charge in [0.1, 0.15) is 5.75 Å². The molecule has 96 valence electrons. The Kier molecular flexibility index (Phi) is 4.23. The highest BCUT2D eigenvalue weighted by molar-refractivity contribution is 6.32. The van der Waals surface area contributed by atoms with Gasteiger partial charge < -0.3 is 10.1 Å². The Bertz CT molecular complexity index is 525. The van der Waals surface area contributed by atoms with Gasteiger partial charge in [-0.05, 0) is 23.8 Å². The molecule has 1 aromatic heterocycles. The number of nitrogens with zero attached hydrogens (tertiary/aromatic N) is 2. The van der Waals surface area contributed by atoms with Crippen LogP contribution in [-0.2, 0) is 20.1 Å². The van der Waals surface area contributed by atoms with Gasteiger partial charge in [-0.25, -0.2) is 0 Å². The summed E-state index contributed by atoms with van der Waals surface area (Å²) in [6.45, 7) is 1.49. The van der Waals surface area contributed by atoms with Gasteiger partial charge in [0.25, 0.3) is 0 Å². The number of benzene rings is 1. The van der Waals surface area contributed by atoms with Crippen molar-refractivity contribution in [1.82, 2.24) is 15.1 Å². The van der Waals surface area contributed by atoms with Crippen LogP contribution in [0.1, 0.15) is 11.3 Å². The van der Waals surface area contributed by atoms with Crippen molar-refractivity contribution in [3.63, 3.8) is 0 Å². The van der Waals surface area contributed by atoms with E-state index < -0.39 is 0 Å². The van der Waals surface area contributed by atoms with Crippen molar-refractivity contribution in [3.05, 3.63) is 46.7 Å². The van der Waals surface area contributed by atoms with Crippen molar-refractivity contribution in [2.75, 3.05) is 7.11 Å². The van der Waals surface area contributed by atoms with E-state index in [9.17, 15) is 0 Å². The molecule has 0 radical (unpaired) electrons. The van der Waals surface area contributed by atoms with Gasteiger partial charge >= 0.3 is 0 Å². The van der Waals surface area contributed by atoms with E-state index in [2.05, 4.69) is 10.4 Å². The second-order valence-corrected chi connectivity index (χ2v) is 4.46. The zero-order valence-corrected chi connectivity index (χ0v) is 11.2. The number of ether oxygens (including phenoxy) is 1. The van der Waals surface area contributed by atoms with Gasteiger partial charge in [-0.2, -0.15) is 5.10 Å². The van der Waals surface area contributed by atoms with Crippen molar-refractivity contribution in [3.8, 4) is 5.75 Å². The molecule has 1 N–H and O–H groups in total. The summed E-state index contributed by atoms with van der Waals surface area (Å²) >= 11 is 6.06. The highest BCUT2D eigenvalue weighted by Crippen LogP contribution is 2.24. The molecule has 2 rings (SSSR count). The Morgan fingerprint density at radius 3 is 2.78 bits per heavy atom. The minimum absolute atomic E-state index is 0.634. The molecule has 2 aromatic rings. The van der Waals surface area contributed by atoms with Crippen molar-refractivity contribution < 1.29 is 4.74 Å². The van der Waals surface area contributed by atoms with Crippen molar-refractivity contribution in [2.24, 2.45) is 7.05 Å². The van der Waals surface area contributed by atoms with Crippen LogP contribution in [0, 0.1) is 0 Å². The molecule has 4 nitrogen and oxygen atoms in total. The molecule has 0 unspecified atom stereocenters.